The molecular formula is C11H15ClN4O2. The van der Waals surface area contributed by atoms with E-state index in [1.165, 1.54) is 12.1 Å². The topological polar surface area (TPSA) is 84.0 Å². The number of nitrogens with one attached hydrogen (secondary N) is 2. The van der Waals surface area contributed by atoms with Crippen molar-refractivity contribution in [3.8, 4) is 0 Å². The minimum Gasteiger partial charge on any atom is -0.352 e. The van der Waals surface area contributed by atoms with Gasteiger partial charge >= 0.3 is 0 Å². The van der Waals surface area contributed by atoms with Crippen molar-refractivity contribution in [1.82, 2.24) is 20.8 Å². The van der Waals surface area contributed by atoms with E-state index in [1.54, 1.807) is 6.92 Å². The highest BCUT2D eigenvalue weighted by Crippen LogP contribution is 2.02. The molecule has 1 rings (SSSR count). The molecule has 2 amide bonds. The molecule has 2 N–H and O–H groups in total. The van der Waals surface area contributed by atoms with Gasteiger partial charge in [-0.15, -0.1) is 10.2 Å². The highest BCUT2D eigenvalue weighted by molar-refractivity contribution is 6.29. The third-order valence-corrected chi connectivity index (χ3v) is 2.24. The van der Waals surface area contributed by atoms with Crippen LogP contribution in [0.5, 0.6) is 0 Å². The standard InChI is InChI=1S/C11H15ClN4O2/c1-6(2)13-10(17)7(3)14-11(18)8-4-5-9(12)16-15-8/h4-7H,1-3H3,(H,13,17)(H,14,18). The molecule has 0 aliphatic carbocycles. The van der Waals surface area contributed by atoms with Gasteiger partial charge in [0.05, 0.1) is 0 Å². The van der Waals surface area contributed by atoms with Crippen molar-refractivity contribution < 1.29 is 9.59 Å². The number of aromatic nitrogens is 2. The van der Waals surface area contributed by atoms with Crippen LogP contribution in [-0.4, -0.2) is 34.1 Å². The summed E-state index contributed by atoms with van der Waals surface area (Å²) in [6.45, 7) is 5.28. The zero-order valence-corrected chi connectivity index (χ0v) is 11.2. The van der Waals surface area contributed by atoms with E-state index in [1.807, 2.05) is 13.8 Å². The first-order chi connectivity index (χ1) is 8.40. The summed E-state index contributed by atoms with van der Waals surface area (Å²) in [6, 6.07) is 2.28. The molecule has 0 saturated carbocycles. The van der Waals surface area contributed by atoms with Crippen molar-refractivity contribution in [2.45, 2.75) is 32.9 Å². The van der Waals surface area contributed by atoms with Crippen LogP contribution in [0.15, 0.2) is 12.1 Å². The SMILES string of the molecule is CC(C)NC(=O)C(C)NC(=O)c1ccc(Cl)nn1. The lowest BCUT2D eigenvalue weighted by molar-refractivity contribution is -0.123. The van der Waals surface area contributed by atoms with Gasteiger partial charge in [0.2, 0.25) is 5.91 Å². The van der Waals surface area contributed by atoms with Crippen LogP contribution in [0.4, 0.5) is 0 Å². The van der Waals surface area contributed by atoms with Gasteiger partial charge in [-0.05, 0) is 32.9 Å². The number of carbonyl (C=O) groups is 2. The van der Waals surface area contributed by atoms with Gasteiger partial charge in [0.15, 0.2) is 10.8 Å². The van der Waals surface area contributed by atoms with Gasteiger partial charge in [0, 0.05) is 6.04 Å². The van der Waals surface area contributed by atoms with E-state index in [4.69, 9.17) is 11.6 Å². The van der Waals surface area contributed by atoms with Crippen LogP contribution < -0.4 is 10.6 Å². The number of nitrogens with zero attached hydrogens (tertiary/aromatic N) is 2. The third kappa shape index (κ3) is 4.29. The minimum absolute atomic E-state index is 0.0205. The van der Waals surface area contributed by atoms with Gasteiger partial charge < -0.3 is 10.6 Å². The molecule has 0 aromatic carbocycles. The van der Waals surface area contributed by atoms with Crippen molar-refractivity contribution in [3.05, 3.63) is 23.0 Å². The van der Waals surface area contributed by atoms with Gasteiger partial charge in [0.25, 0.3) is 5.91 Å². The first-order valence-corrected chi connectivity index (χ1v) is 5.88. The predicted octanol–water partition coefficient (Wildman–Crippen LogP) is 0.773. The summed E-state index contributed by atoms with van der Waals surface area (Å²) in [7, 11) is 0. The normalized spacial score (nSPS) is 12.1. The monoisotopic (exact) mass is 270 g/mol. The van der Waals surface area contributed by atoms with Crippen LogP contribution in [0.3, 0.4) is 0 Å². The molecular weight excluding hydrogens is 256 g/mol. The molecule has 6 nitrogen and oxygen atoms in total. The van der Waals surface area contributed by atoms with Crippen LogP contribution in [0, 0.1) is 0 Å². The lowest BCUT2D eigenvalue weighted by Crippen LogP contribution is -2.46. The summed E-state index contributed by atoms with van der Waals surface area (Å²) in [5.74, 6) is -0.717. The largest absolute Gasteiger partial charge is 0.352 e. The molecule has 1 heterocycles. The molecule has 0 saturated heterocycles. The molecule has 1 aromatic heterocycles. The lowest BCUT2D eigenvalue weighted by Gasteiger charge is -2.15. The van der Waals surface area contributed by atoms with Crippen LogP contribution in [0.25, 0.3) is 0 Å². The highest BCUT2D eigenvalue weighted by Gasteiger charge is 2.17. The molecule has 0 radical (unpaired) electrons. The highest BCUT2D eigenvalue weighted by atomic mass is 35.5. The van der Waals surface area contributed by atoms with Gasteiger partial charge in [-0.2, -0.15) is 0 Å². The number of hydrogen-bond donors (Lipinski definition) is 2. The molecule has 0 spiro atoms. The second-order valence-corrected chi connectivity index (χ2v) is 4.49. The first kappa shape index (κ1) is 14.4. The molecule has 0 aliphatic heterocycles. The number of hydrogen-bond acceptors (Lipinski definition) is 4. The number of rotatable bonds is 4. The Balaban J connectivity index is 2.59. The number of halogens is 1. The van der Waals surface area contributed by atoms with Crippen LogP contribution in [-0.2, 0) is 4.79 Å². The average Bonchev–Trinajstić information content (AvgIpc) is 2.28. The Morgan fingerprint density at radius 3 is 2.33 bits per heavy atom. The fourth-order valence-electron chi connectivity index (χ4n) is 1.18. The van der Waals surface area contributed by atoms with Crippen LogP contribution in [0.1, 0.15) is 31.3 Å². The van der Waals surface area contributed by atoms with Crippen molar-refractivity contribution in [1.29, 1.82) is 0 Å². The maximum Gasteiger partial charge on any atom is 0.272 e. The molecule has 0 aliphatic rings. The Bertz CT molecular complexity index is 433. The summed E-state index contributed by atoms with van der Waals surface area (Å²) >= 11 is 5.56. The Morgan fingerprint density at radius 1 is 1.17 bits per heavy atom. The van der Waals surface area contributed by atoms with Crippen molar-refractivity contribution in [3.63, 3.8) is 0 Å². The number of amides is 2. The zero-order chi connectivity index (χ0) is 13.7. The predicted molar refractivity (Wildman–Crippen MR) is 67.2 cm³/mol. The molecule has 1 atom stereocenters. The van der Waals surface area contributed by atoms with E-state index in [2.05, 4.69) is 20.8 Å². The maximum atomic E-state index is 11.7. The van der Waals surface area contributed by atoms with Gasteiger partial charge in [-0.1, -0.05) is 11.6 Å². The van der Waals surface area contributed by atoms with E-state index in [0.717, 1.165) is 0 Å². The summed E-state index contributed by atoms with van der Waals surface area (Å²) in [5, 5.41) is 12.6. The molecule has 18 heavy (non-hydrogen) atoms. The Labute approximate surface area is 110 Å². The smallest absolute Gasteiger partial charge is 0.272 e. The van der Waals surface area contributed by atoms with E-state index < -0.39 is 11.9 Å². The summed E-state index contributed by atoms with van der Waals surface area (Å²) < 4.78 is 0. The molecule has 7 heteroatoms. The van der Waals surface area contributed by atoms with Crippen molar-refractivity contribution >= 4 is 23.4 Å². The van der Waals surface area contributed by atoms with Gasteiger partial charge in [-0.3, -0.25) is 9.59 Å². The zero-order valence-electron chi connectivity index (χ0n) is 10.4. The minimum atomic E-state index is -0.641. The second kappa shape index (κ2) is 6.30. The van der Waals surface area contributed by atoms with E-state index >= 15 is 0 Å². The van der Waals surface area contributed by atoms with Crippen molar-refractivity contribution in [2.24, 2.45) is 0 Å². The van der Waals surface area contributed by atoms with E-state index in [0.29, 0.717) is 0 Å². The lowest BCUT2D eigenvalue weighted by atomic mass is 10.2. The summed E-state index contributed by atoms with van der Waals surface area (Å²) in [5.41, 5.74) is 0.114. The number of carbonyl (C=O) groups excluding carboxylic acids is 2. The van der Waals surface area contributed by atoms with Crippen LogP contribution >= 0.6 is 11.6 Å². The Morgan fingerprint density at radius 2 is 1.83 bits per heavy atom. The van der Waals surface area contributed by atoms with Gasteiger partial charge in [0.1, 0.15) is 6.04 Å². The fraction of sp³-hybridized carbons (Fsp3) is 0.455. The Hall–Kier alpha value is -1.69. The van der Waals surface area contributed by atoms with Gasteiger partial charge in [-0.25, -0.2) is 0 Å². The summed E-state index contributed by atoms with van der Waals surface area (Å²) in [6.07, 6.45) is 0. The molecule has 1 unspecified atom stereocenters. The summed E-state index contributed by atoms with van der Waals surface area (Å²) in [4.78, 5) is 23.3. The van der Waals surface area contributed by atoms with E-state index in [9.17, 15) is 9.59 Å². The third-order valence-electron chi connectivity index (χ3n) is 2.04. The van der Waals surface area contributed by atoms with Crippen LogP contribution in [0.2, 0.25) is 5.15 Å². The first-order valence-electron chi connectivity index (χ1n) is 5.50. The van der Waals surface area contributed by atoms with Crippen molar-refractivity contribution in [2.75, 3.05) is 0 Å². The molecule has 0 fully saturated rings. The van der Waals surface area contributed by atoms with E-state index in [-0.39, 0.29) is 22.8 Å². The Kier molecular flexibility index (Phi) is 5.03. The molecule has 1 aromatic rings. The molecule has 98 valence electrons. The molecule has 0 bridgehead atoms. The average molecular weight is 271 g/mol. The fourth-order valence-corrected chi connectivity index (χ4v) is 1.28. The quantitative estimate of drug-likeness (QED) is 0.847. The maximum absolute atomic E-state index is 11.7. The second-order valence-electron chi connectivity index (χ2n) is 4.10.